The third-order valence-electron chi connectivity index (χ3n) is 5.19. The van der Waals surface area contributed by atoms with Crippen molar-refractivity contribution < 1.29 is 4.79 Å². The molecule has 134 valence electrons. The predicted octanol–water partition coefficient (Wildman–Crippen LogP) is 3.13. The monoisotopic (exact) mass is 341 g/mol. The van der Waals surface area contributed by atoms with Crippen molar-refractivity contribution in [3.05, 3.63) is 40.4 Å². The maximum atomic E-state index is 12.6. The largest absolute Gasteiger partial charge is 0.343 e. The Balaban J connectivity index is 1.63. The summed E-state index contributed by atoms with van der Waals surface area (Å²) in [5.74, 6) is 1.64. The molecule has 5 heteroatoms. The van der Waals surface area contributed by atoms with Crippen molar-refractivity contribution in [3.8, 4) is 0 Å². The molecule has 0 unspecified atom stereocenters. The van der Waals surface area contributed by atoms with Gasteiger partial charge in [-0.05, 0) is 50.7 Å². The van der Waals surface area contributed by atoms with Gasteiger partial charge in [0.2, 0.25) is 5.91 Å². The quantitative estimate of drug-likeness (QED) is 0.858. The lowest BCUT2D eigenvalue weighted by atomic mass is 10.0. The normalized spacial score (nSPS) is 18.3. The Morgan fingerprint density at radius 1 is 1.24 bits per heavy atom. The SMILES string of the molecule is Cc1nc2ccccc2c(=O)n1CCCC(=O)N1CCC[C@H](C)CC1. The Kier molecular flexibility index (Phi) is 5.51. The average molecular weight is 341 g/mol. The summed E-state index contributed by atoms with van der Waals surface area (Å²) in [6.45, 7) is 6.40. The third kappa shape index (κ3) is 4.09. The zero-order valence-corrected chi connectivity index (χ0v) is 15.2. The maximum absolute atomic E-state index is 12.6. The van der Waals surface area contributed by atoms with E-state index in [-0.39, 0.29) is 11.5 Å². The number of hydrogen-bond acceptors (Lipinski definition) is 3. The van der Waals surface area contributed by atoms with Gasteiger partial charge in [-0.3, -0.25) is 14.2 Å². The highest BCUT2D eigenvalue weighted by Crippen LogP contribution is 2.17. The Labute approximate surface area is 148 Å². The fourth-order valence-electron chi connectivity index (χ4n) is 3.60. The van der Waals surface area contributed by atoms with E-state index in [1.54, 1.807) is 4.57 Å². The van der Waals surface area contributed by atoms with E-state index in [0.29, 0.717) is 36.5 Å². The molecule has 25 heavy (non-hydrogen) atoms. The summed E-state index contributed by atoms with van der Waals surface area (Å²) in [6.07, 6.45) is 4.57. The zero-order chi connectivity index (χ0) is 17.8. The first-order valence-electron chi connectivity index (χ1n) is 9.30. The van der Waals surface area contributed by atoms with Crippen molar-refractivity contribution in [2.45, 2.75) is 52.5 Å². The molecule has 1 fully saturated rings. The van der Waals surface area contributed by atoms with Gasteiger partial charge in [0, 0.05) is 26.1 Å². The molecule has 2 heterocycles. The van der Waals surface area contributed by atoms with Crippen LogP contribution in [0.4, 0.5) is 0 Å². The van der Waals surface area contributed by atoms with Crippen LogP contribution < -0.4 is 5.56 Å². The van der Waals surface area contributed by atoms with Gasteiger partial charge in [-0.1, -0.05) is 19.1 Å². The van der Waals surface area contributed by atoms with Crippen LogP contribution in [-0.4, -0.2) is 33.4 Å². The number of aromatic nitrogens is 2. The van der Waals surface area contributed by atoms with Gasteiger partial charge in [-0.15, -0.1) is 0 Å². The number of fused-ring (bicyclic) bond motifs is 1. The van der Waals surface area contributed by atoms with Crippen molar-refractivity contribution in [3.63, 3.8) is 0 Å². The third-order valence-corrected chi connectivity index (χ3v) is 5.19. The molecule has 3 rings (SSSR count). The van der Waals surface area contributed by atoms with Gasteiger partial charge < -0.3 is 4.90 Å². The van der Waals surface area contributed by atoms with Crippen LogP contribution in [-0.2, 0) is 11.3 Å². The summed E-state index contributed by atoms with van der Waals surface area (Å²) in [4.78, 5) is 31.6. The average Bonchev–Trinajstić information content (AvgIpc) is 2.82. The summed E-state index contributed by atoms with van der Waals surface area (Å²) >= 11 is 0. The van der Waals surface area contributed by atoms with E-state index in [1.807, 2.05) is 36.1 Å². The second-order valence-electron chi connectivity index (χ2n) is 7.15. The number of rotatable bonds is 4. The van der Waals surface area contributed by atoms with E-state index in [0.717, 1.165) is 31.4 Å². The lowest BCUT2D eigenvalue weighted by Crippen LogP contribution is -2.32. The van der Waals surface area contributed by atoms with E-state index in [2.05, 4.69) is 11.9 Å². The number of benzene rings is 1. The fourth-order valence-corrected chi connectivity index (χ4v) is 3.60. The first kappa shape index (κ1) is 17.6. The minimum Gasteiger partial charge on any atom is -0.343 e. The highest BCUT2D eigenvalue weighted by atomic mass is 16.2. The van der Waals surface area contributed by atoms with E-state index in [1.165, 1.54) is 6.42 Å². The number of nitrogens with zero attached hydrogens (tertiary/aromatic N) is 3. The van der Waals surface area contributed by atoms with Crippen LogP contribution in [0.3, 0.4) is 0 Å². The Hall–Kier alpha value is -2.17. The number of likely N-dealkylation sites (tertiary alicyclic amines) is 1. The van der Waals surface area contributed by atoms with Crippen LogP contribution in [0.25, 0.3) is 10.9 Å². The van der Waals surface area contributed by atoms with Gasteiger partial charge in [0.1, 0.15) is 5.82 Å². The summed E-state index contributed by atoms with van der Waals surface area (Å²) in [6, 6.07) is 7.41. The van der Waals surface area contributed by atoms with Crippen LogP contribution in [0, 0.1) is 12.8 Å². The number of hydrogen-bond donors (Lipinski definition) is 0. The van der Waals surface area contributed by atoms with Crippen LogP contribution in [0.15, 0.2) is 29.1 Å². The number of para-hydroxylation sites is 1. The summed E-state index contributed by atoms with van der Waals surface area (Å²) in [5, 5.41) is 0.640. The lowest BCUT2D eigenvalue weighted by Gasteiger charge is -2.20. The molecule has 1 saturated heterocycles. The molecule has 1 aromatic heterocycles. The topological polar surface area (TPSA) is 55.2 Å². The van der Waals surface area contributed by atoms with Crippen molar-refractivity contribution in [1.82, 2.24) is 14.5 Å². The number of aryl methyl sites for hydroxylation is 1. The highest BCUT2D eigenvalue weighted by Gasteiger charge is 2.18. The Morgan fingerprint density at radius 3 is 2.88 bits per heavy atom. The van der Waals surface area contributed by atoms with Gasteiger partial charge in [0.15, 0.2) is 0 Å². The summed E-state index contributed by atoms with van der Waals surface area (Å²) in [5.41, 5.74) is 0.718. The van der Waals surface area contributed by atoms with E-state index >= 15 is 0 Å². The molecule has 0 N–H and O–H groups in total. The molecule has 1 atom stereocenters. The van der Waals surface area contributed by atoms with Gasteiger partial charge in [0.25, 0.3) is 5.56 Å². The standard InChI is InChI=1S/C20H27N3O2/c1-15-7-5-12-22(14-11-15)19(24)10-6-13-23-16(2)21-18-9-4-3-8-17(18)20(23)25/h3-4,8-9,15H,5-7,10-14H2,1-2H3/t15-/m0/s1. The minimum absolute atomic E-state index is 0.0147. The molecule has 1 aliphatic heterocycles. The Bertz CT molecular complexity index is 812. The molecule has 1 aromatic carbocycles. The molecule has 0 spiro atoms. The number of carbonyl (C=O) groups excluding carboxylic acids is 1. The van der Waals surface area contributed by atoms with Crippen molar-refractivity contribution in [1.29, 1.82) is 0 Å². The molecular weight excluding hydrogens is 314 g/mol. The van der Waals surface area contributed by atoms with E-state index < -0.39 is 0 Å². The molecular formula is C20H27N3O2. The van der Waals surface area contributed by atoms with Crippen LogP contribution in [0.1, 0.15) is 44.9 Å². The van der Waals surface area contributed by atoms with Gasteiger partial charge in [-0.2, -0.15) is 0 Å². The second-order valence-corrected chi connectivity index (χ2v) is 7.15. The molecule has 1 amide bonds. The fraction of sp³-hybridized carbons (Fsp3) is 0.550. The first-order chi connectivity index (χ1) is 12.1. The molecule has 0 bridgehead atoms. The summed E-state index contributed by atoms with van der Waals surface area (Å²) in [7, 11) is 0. The molecule has 2 aromatic rings. The van der Waals surface area contributed by atoms with Crippen LogP contribution >= 0.6 is 0 Å². The molecule has 0 saturated carbocycles. The molecule has 1 aliphatic rings. The highest BCUT2D eigenvalue weighted by molar-refractivity contribution is 5.77. The van der Waals surface area contributed by atoms with Gasteiger partial charge >= 0.3 is 0 Å². The molecule has 5 nitrogen and oxygen atoms in total. The van der Waals surface area contributed by atoms with Crippen molar-refractivity contribution in [2.75, 3.05) is 13.1 Å². The molecule has 0 aliphatic carbocycles. The van der Waals surface area contributed by atoms with E-state index in [4.69, 9.17) is 0 Å². The van der Waals surface area contributed by atoms with Crippen molar-refractivity contribution in [2.24, 2.45) is 5.92 Å². The first-order valence-corrected chi connectivity index (χ1v) is 9.30. The number of amides is 1. The number of carbonyl (C=O) groups is 1. The van der Waals surface area contributed by atoms with Gasteiger partial charge in [0.05, 0.1) is 10.9 Å². The second kappa shape index (κ2) is 7.81. The van der Waals surface area contributed by atoms with E-state index in [9.17, 15) is 9.59 Å². The van der Waals surface area contributed by atoms with Crippen LogP contribution in [0.2, 0.25) is 0 Å². The van der Waals surface area contributed by atoms with Gasteiger partial charge in [-0.25, -0.2) is 4.98 Å². The molecule has 0 radical (unpaired) electrons. The lowest BCUT2D eigenvalue weighted by molar-refractivity contribution is -0.131. The maximum Gasteiger partial charge on any atom is 0.261 e. The van der Waals surface area contributed by atoms with Crippen LogP contribution in [0.5, 0.6) is 0 Å². The smallest absolute Gasteiger partial charge is 0.261 e. The summed E-state index contributed by atoms with van der Waals surface area (Å²) < 4.78 is 1.69. The predicted molar refractivity (Wildman–Crippen MR) is 99.6 cm³/mol. The Morgan fingerprint density at radius 2 is 2.04 bits per heavy atom. The zero-order valence-electron chi connectivity index (χ0n) is 15.2. The van der Waals surface area contributed by atoms with Crippen molar-refractivity contribution >= 4 is 16.8 Å². The minimum atomic E-state index is -0.0147.